The van der Waals surface area contributed by atoms with E-state index in [0.29, 0.717) is 0 Å². The molecule has 0 aromatic carbocycles. The zero-order chi connectivity index (χ0) is 11.0. The molecule has 0 atom stereocenters. The lowest BCUT2D eigenvalue weighted by Crippen LogP contribution is -2.43. The minimum atomic E-state index is 0.778. The molecule has 1 N–H and O–H groups in total. The van der Waals surface area contributed by atoms with Gasteiger partial charge in [0.2, 0.25) is 0 Å². The van der Waals surface area contributed by atoms with Gasteiger partial charge in [0.05, 0.1) is 10.7 Å². The van der Waals surface area contributed by atoms with Gasteiger partial charge in [-0.2, -0.15) is 0 Å². The van der Waals surface area contributed by atoms with Gasteiger partial charge in [0, 0.05) is 32.1 Å². The van der Waals surface area contributed by atoms with Crippen LogP contribution in [0.3, 0.4) is 0 Å². The van der Waals surface area contributed by atoms with Crippen molar-refractivity contribution in [2.75, 3.05) is 31.1 Å². The lowest BCUT2D eigenvalue weighted by molar-refractivity contribution is 0.418. The van der Waals surface area contributed by atoms with Crippen molar-refractivity contribution < 1.29 is 0 Å². The largest absolute Gasteiger partial charge is 0.359 e. The zero-order valence-corrected chi connectivity index (χ0v) is 10.6. The molecule has 1 aliphatic carbocycles. The number of hydrogen-bond acceptors (Lipinski definition) is 4. The zero-order valence-electron chi connectivity index (χ0n) is 9.83. The predicted molar refractivity (Wildman–Crippen MR) is 68.5 cm³/mol. The highest BCUT2D eigenvalue weighted by molar-refractivity contribution is 7.16. The summed E-state index contributed by atoms with van der Waals surface area (Å²) in [4.78, 5) is 7.26. The molecule has 0 radical (unpaired) electrons. The third-order valence-electron chi connectivity index (χ3n) is 3.65. The molecule has 2 fully saturated rings. The van der Waals surface area contributed by atoms with E-state index < -0.39 is 0 Å². The molecule has 3 rings (SSSR count). The fraction of sp³-hybridized carbons (Fsp3) is 0.750. The van der Waals surface area contributed by atoms with Crippen LogP contribution in [0.15, 0.2) is 0 Å². The monoisotopic (exact) mass is 237 g/mol. The Kier molecular flexibility index (Phi) is 2.86. The quantitative estimate of drug-likeness (QED) is 0.854. The first kappa shape index (κ1) is 10.5. The highest BCUT2D eigenvalue weighted by Gasteiger charge is 2.25. The maximum atomic E-state index is 4.76. The van der Waals surface area contributed by atoms with Crippen LogP contribution in [0.5, 0.6) is 0 Å². The first-order valence-corrected chi connectivity index (χ1v) is 7.09. The molecule has 88 valence electrons. The first-order chi connectivity index (χ1) is 7.84. The second-order valence-corrected chi connectivity index (χ2v) is 5.82. The second kappa shape index (κ2) is 4.34. The average molecular weight is 237 g/mol. The van der Waals surface area contributed by atoms with Gasteiger partial charge in [-0.25, -0.2) is 4.98 Å². The summed E-state index contributed by atoms with van der Waals surface area (Å²) in [5.41, 5.74) is 1.24. The van der Waals surface area contributed by atoms with E-state index in [1.807, 2.05) is 11.3 Å². The van der Waals surface area contributed by atoms with Crippen molar-refractivity contribution in [1.82, 2.24) is 10.3 Å². The predicted octanol–water partition coefficient (Wildman–Crippen LogP) is 2.13. The smallest absolute Gasteiger partial charge is 0.114 e. The van der Waals surface area contributed by atoms with Gasteiger partial charge in [-0.15, -0.1) is 11.3 Å². The molecule has 0 amide bonds. The molecule has 2 aliphatic rings. The van der Waals surface area contributed by atoms with Crippen molar-refractivity contribution >= 4 is 16.3 Å². The van der Waals surface area contributed by atoms with Crippen molar-refractivity contribution in [3.63, 3.8) is 0 Å². The Hall–Kier alpha value is -0.610. The minimum absolute atomic E-state index is 0.778. The summed E-state index contributed by atoms with van der Waals surface area (Å²) < 4.78 is 0. The number of nitrogens with zero attached hydrogens (tertiary/aromatic N) is 2. The van der Waals surface area contributed by atoms with Crippen LogP contribution < -0.4 is 10.2 Å². The summed E-state index contributed by atoms with van der Waals surface area (Å²) >= 11 is 1.94. The van der Waals surface area contributed by atoms with Crippen LogP contribution in [0, 0.1) is 6.92 Å². The molecule has 1 aromatic rings. The van der Waals surface area contributed by atoms with Crippen molar-refractivity contribution in [2.45, 2.75) is 32.1 Å². The maximum Gasteiger partial charge on any atom is 0.114 e. The Morgan fingerprint density at radius 1 is 1.31 bits per heavy atom. The van der Waals surface area contributed by atoms with Gasteiger partial charge >= 0.3 is 0 Å². The third-order valence-corrected chi connectivity index (χ3v) is 5.03. The highest BCUT2D eigenvalue weighted by atomic mass is 32.1. The Labute approximate surface area is 101 Å². The normalized spacial score (nSPS) is 22.2. The highest BCUT2D eigenvalue weighted by Crippen LogP contribution is 2.41. The first-order valence-electron chi connectivity index (χ1n) is 6.27. The number of aryl methyl sites for hydroxylation is 1. The van der Waals surface area contributed by atoms with Crippen LogP contribution in [0.25, 0.3) is 0 Å². The fourth-order valence-corrected chi connectivity index (χ4v) is 3.69. The minimum Gasteiger partial charge on any atom is -0.359 e. The molecular weight excluding hydrogens is 218 g/mol. The molecule has 1 saturated carbocycles. The van der Waals surface area contributed by atoms with Crippen LogP contribution in [-0.4, -0.2) is 31.2 Å². The van der Waals surface area contributed by atoms with Crippen molar-refractivity contribution in [3.8, 4) is 0 Å². The van der Waals surface area contributed by atoms with Crippen LogP contribution in [0.4, 0.5) is 5.00 Å². The Balaban J connectivity index is 1.79. The fourth-order valence-electron chi connectivity index (χ4n) is 2.40. The van der Waals surface area contributed by atoms with E-state index in [1.54, 1.807) is 0 Å². The van der Waals surface area contributed by atoms with Gasteiger partial charge in [0.15, 0.2) is 0 Å². The number of thiazole rings is 1. The summed E-state index contributed by atoms with van der Waals surface area (Å²) in [5, 5.41) is 6.20. The molecule has 0 bridgehead atoms. The van der Waals surface area contributed by atoms with Gasteiger partial charge in [-0.1, -0.05) is 6.42 Å². The number of anilines is 1. The lowest BCUT2D eigenvalue weighted by Gasteiger charge is -2.28. The topological polar surface area (TPSA) is 28.2 Å². The van der Waals surface area contributed by atoms with Gasteiger partial charge in [-0.05, 0) is 19.8 Å². The Morgan fingerprint density at radius 2 is 2.06 bits per heavy atom. The molecule has 3 nitrogen and oxygen atoms in total. The molecule has 0 spiro atoms. The average Bonchev–Trinajstić information content (AvgIpc) is 2.59. The van der Waals surface area contributed by atoms with E-state index in [0.717, 1.165) is 32.1 Å². The third kappa shape index (κ3) is 1.84. The van der Waals surface area contributed by atoms with Gasteiger partial charge in [0.1, 0.15) is 5.00 Å². The number of nitrogens with one attached hydrogen (secondary N) is 1. The molecule has 16 heavy (non-hydrogen) atoms. The van der Waals surface area contributed by atoms with E-state index in [1.165, 1.54) is 35.0 Å². The number of piperazine rings is 1. The Morgan fingerprint density at radius 3 is 2.69 bits per heavy atom. The standard InChI is InChI=1S/C12H19N3S/c1-9-12(15-7-5-13-6-8-15)16-11(14-9)10-3-2-4-10/h10,13H,2-8H2,1H3. The summed E-state index contributed by atoms with van der Waals surface area (Å²) in [6.45, 7) is 6.64. The van der Waals surface area contributed by atoms with E-state index in [2.05, 4.69) is 17.1 Å². The van der Waals surface area contributed by atoms with Gasteiger partial charge in [-0.3, -0.25) is 0 Å². The summed E-state index contributed by atoms with van der Waals surface area (Å²) in [6.07, 6.45) is 4.11. The molecule has 2 heterocycles. The van der Waals surface area contributed by atoms with E-state index in [9.17, 15) is 0 Å². The molecular formula is C12H19N3S. The molecule has 1 aromatic heterocycles. The van der Waals surface area contributed by atoms with E-state index >= 15 is 0 Å². The molecule has 1 saturated heterocycles. The summed E-state index contributed by atoms with van der Waals surface area (Å²) in [5.74, 6) is 0.778. The second-order valence-electron chi connectivity index (χ2n) is 4.81. The van der Waals surface area contributed by atoms with Crippen molar-refractivity contribution in [3.05, 3.63) is 10.7 Å². The number of aromatic nitrogens is 1. The molecule has 1 aliphatic heterocycles. The number of hydrogen-bond donors (Lipinski definition) is 1. The van der Waals surface area contributed by atoms with Crippen LogP contribution in [0.1, 0.15) is 35.9 Å². The van der Waals surface area contributed by atoms with Crippen molar-refractivity contribution in [2.24, 2.45) is 0 Å². The van der Waals surface area contributed by atoms with Gasteiger partial charge in [0.25, 0.3) is 0 Å². The maximum absolute atomic E-state index is 4.76. The van der Waals surface area contributed by atoms with Crippen LogP contribution in [0.2, 0.25) is 0 Å². The van der Waals surface area contributed by atoms with Crippen molar-refractivity contribution in [1.29, 1.82) is 0 Å². The van der Waals surface area contributed by atoms with E-state index in [-0.39, 0.29) is 0 Å². The number of rotatable bonds is 2. The lowest BCUT2D eigenvalue weighted by atomic mass is 9.86. The summed E-state index contributed by atoms with van der Waals surface area (Å²) in [7, 11) is 0. The van der Waals surface area contributed by atoms with Crippen LogP contribution in [-0.2, 0) is 0 Å². The summed E-state index contributed by atoms with van der Waals surface area (Å²) in [6, 6.07) is 0. The van der Waals surface area contributed by atoms with E-state index in [4.69, 9.17) is 4.98 Å². The SMILES string of the molecule is Cc1nc(C2CCC2)sc1N1CCNCC1. The van der Waals surface area contributed by atoms with Gasteiger partial charge < -0.3 is 10.2 Å². The molecule has 0 unspecified atom stereocenters. The molecule has 4 heteroatoms. The van der Waals surface area contributed by atoms with Crippen LogP contribution >= 0.6 is 11.3 Å². The Bertz CT molecular complexity index is 364.